The second-order valence-corrected chi connectivity index (χ2v) is 5.48. The third-order valence-electron chi connectivity index (χ3n) is 4.52. The van der Waals surface area contributed by atoms with E-state index >= 15 is 0 Å². The summed E-state index contributed by atoms with van der Waals surface area (Å²) in [5.74, 6) is 0.970. The number of hydrogen-bond acceptors (Lipinski definition) is 3. The summed E-state index contributed by atoms with van der Waals surface area (Å²) in [4.78, 5) is 2.31. The molecule has 0 saturated carbocycles. The smallest absolute Gasteiger partial charge is 0.124 e. The summed E-state index contributed by atoms with van der Waals surface area (Å²) in [5, 5.41) is 12.7. The molecule has 2 heterocycles. The topological polar surface area (TPSA) is 39.1 Å². The summed E-state index contributed by atoms with van der Waals surface area (Å²) in [6.45, 7) is 5.27. The Morgan fingerprint density at radius 2 is 2.32 bits per heavy atom. The van der Waals surface area contributed by atoms with Gasteiger partial charge >= 0.3 is 0 Å². The number of hydrogen-bond donors (Lipinski definition) is 1. The standard InChI is InChI=1S/C15H18FN3/c1-2-14-13-8-18-7-11(13)9-19(14)15-4-3-12(16)5-10(15)6-17/h3-5,11,13-14,18H,2,7-9H2,1H3. The van der Waals surface area contributed by atoms with Gasteiger partial charge in [-0.1, -0.05) is 6.92 Å². The van der Waals surface area contributed by atoms with Crippen molar-refractivity contribution in [1.29, 1.82) is 5.26 Å². The van der Waals surface area contributed by atoms with Crippen LogP contribution in [0.3, 0.4) is 0 Å². The van der Waals surface area contributed by atoms with Crippen LogP contribution in [0, 0.1) is 29.0 Å². The first-order valence-corrected chi connectivity index (χ1v) is 6.91. The molecule has 0 spiro atoms. The van der Waals surface area contributed by atoms with Crippen LogP contribution in [0.25, 0.3) is 0 Å². The molecule has 1 aromatic carbocycles. The SMILES string of the molecule is CCC1C2CNCC2CN1c1ccc(F)cc1C#N. The fourth-order valence-corrected chi connectivity index (χ4v) is 3.67. The molecule has 2 aliphatic heterocycles. The van der Waals surface area contributed by atoms with Gasteiger partial charge in [0.05, 0.1) is 11.3 Å². The lowest BCUT2D eigenvalue weighted by Gasteiger charge is -2.29. The molecule has 0 radical (unpaired) electrons. The molecule has 2 fully saturated rings. The van der Waals surface area contributed by atoms with Gasteiger partial charge in [-0.15, -0.1) is 0 Å². The Labute approximate surface area is 113 Å². The molecule has 3 nitrogen and oxygen atoms in total. The maximum atomic E-state index is 13.3. The molecule has 100 valence electrons. The molecular formula is C15H18FN3. The molecule has 2 saturated heterocycles. The Morgan fingerprint density at radius 3 is 3.05 bits per heavy atom. The van der Waals surface area contributed by atoms with Gasteiger partial charge in [-0.2, -0.15) is 5.26 Å². The maximum absolute atomic E-state index is 13.3. The summed E-state index contributed by atoms with van der Waals surface area (Å²) >= 11 is 0. The molecular weight excluding hydrogens is 241 g/mol. The Morgan fingerprint density at radius 1 is 1.47 bits per heavy atom. The normalized spacial score (nSPS) is 29.3. The number of anilines is 1. The number of nitrogens with zero attached hydrogens (tertiary/aromatic N) is 2. The lowest BCUT2D eigenvalue weighted by atomic mass is 9.93. The zero-order chi connectivity index (χ0) is 13.4. The Kier molecular flexibility index (Phi) is 3.16. The Bertz CT molecular complexity index is 523. The van der Waals surface area contributed by atoms with Crippen molar-refractivity contribution in [2.75, 3.05) is 24.5 Å². The van der Waals surface area contributed by atoms with E-state index in [1.54, 1.807) is 6.07 Å². The highest BCUT2D eigenvalue weighted by Gasteiger charge is 2.43. The van der Waals surface area contributed by atoms with Crippen molar-refractivity contribution < 1.29 is 4.39 Å². The average Bonchev–Trinajstić information content (AvgIpc) is 2.98. The molecule has 0 aromatic heterocycles. The van der Waals surface area contributed by atoms with E-state index in [1.807, 2.05) is 0 Å². The van der Waals surface area contributed by atoms with E-state index in [4.69, 9.17) is 0 Å². The third kappa shape index (κ3) is 1.98. The van der Waals surface area contributed by atoms with Crippen LogP contribution >= 0.6 is 0 Å². The fraction of sp³-hybridized carbons (Fsp3) is 0.533. The number of halogens is 1. The van der Waals surface area contributed by atoms with Crippen LogP contribution in [0.4, 0.5) is 10.1 Å². The van der Waals surface area contributed by atoms with Crippen molar-refractivity contribution in [3.63, 3.8) is 0 Å². The van der Waals surface area contributed by atoms with Crippen molar-refractivity contribution in [2.24, 2.45) is 11.8 Å². The zero-order valence-corrected chi connectivity index (χ0v) is 11.1. The first kappa shape index (κ1) is 12.4. The van der Waals surface area contributed by atoms with Crippen molar-refractivity contribution >= 4 is 5.69 Å². The van der Waals surface area contributed by atoms with E-state index in [0.717, 1.165) is 31.7 Å². The molecule has 3 rings (SSSR count). The van der Waals surface area contributed by atoms with E-state index in [9.17, 15) is 9.65 Å². The minimum atomic E-state index is -0.339. The van der Waals surface area contributed by atoms with E-state index in [-0.39, 0.29) is 5.82 Å². The monoisotopic (exact) mass is 259 g/mol. The number of benzene rings is 1. The predicted octanol–water partition coefficient (Wildman–Crippen LogP) is 2.13. The summed E-state index contributed by atoms with van der Waals surface area (Å²) in [7, 11) is 0. The number of fused-ring (bicyclic) bond motifs is 1. The van der Waals surface area contributed by atoms with Gasteiger partial charge in [0.25, 0.3) is 0 Å². The average molecular weight is 259 g/mol. The van der Waals surface area contributed by atoms with Crippen LogP contribution < -0.4 is 10.2 Å². The molecule has 1 aromatic rings. The summed E-state index contributed by atoms with van der Waals surface area (Å²) in [6, 6.07) is 7.13. The van der Waals surface area contributed by atoms with E-state index < -0.39 is 0 Å². The van der Waals surface area contributed by atoms with Crippen molar-refractivity contribution in [3.8, 4) is 6.07 Å². The van der Waals surface area contributed by atoms with Crippen LogP contribution in [0.5, 0.6) is 0 Å². The zero-order valence-electron chi connectivity index (χ0n) is 11.1. The minimum Gasteiger partial charge on any atom is -0.367 e. The lowest BCUT2D eigenvalue weighted by molar-refractivity contribution is 0.442. The molecule has 2 aliphatic rings. The van der Waals surface area contributed by atoms with Crippen LogP contribution in [0.1, 0.15) is 18.9 Å². The molecule has 0 bridgehead atoms. The predicted molar refractivity (Wildman–Crippen MR) is 72.4 cm³/mol. The summed E-state index contributed by atoms with van der Waals surface area (Å²) < 4.78 is 13.3. The van der Waals surface area contributed by atoms with Crippen molar-refractivity contribution in [2.45, 2.75) is 19.4 Å². The van der Waals surface area contributed by atoms with Gasteiger partial charge in [0, 0.05) is 25.7 Å². The van der Waals surface area contributed by atoms with Gasteiger partial charge in [0.15, 0.2) is 0 Å². The van der Waals surface area contributed by atoms with Gasteiger partial charge in [-0.25, -0.2) is 4.39 Å². The van der Waals surface area contributed by atoms with Gasteiger partial charge in [-0.3, -0.25) is 0 Å². The highest BCUT2D eigenvalue weighted by Crippen LogP contribution is 2.38. The fourth-order valence-electron chi connectivity index (χ4n) is 3.67. The number of nitrogens with one attached hydrogen (secondary N) is 1. The quantitative estimate of drug-likeness (QED) is 0.884. The highest BCUT2D eigenvalue weighted by molar-refractivity contribution is 5.61. The van der Waals surface area contributed by atoms with Gasteiger partial charge in [-0.05, 0) is 36.5 Å². The number of rotatable bonds is 2. The summed E-state index contributed by atoms with van der Waals surface area (Å²) in [6.07, 6.45) is 1.06. The maximum Gasteiger partial charge on any atom is 0.124 e. The Balaban J connectivity index is 1.96. The summed E-state index contributed by atoms with van der Waals surface area (Å²) in [5.41, 5.74) is 1.34. The van der Waals surface area contributed by atoms with Crippen LogP contribution in [-0.2, 0) is 0 Å². The largest absolute Gasteiger partial charge is 0.367 e. The second kappa shape index (κ2) is 4.82. The van der Waals surface area contributed by atoms with Crippen molar-refractivity contribution in [3.05, 3.63) is 29.6 Å². The minimum absolute atomic E-state index is 0.339. The van der Waals surface area contributed by atoms with Crippen LogP contribution in [0.2, 0.25) is 0 Å². The van der Waals surface area contributed by atoms with Gasteiger partial charge in [0.2, 0.25) is 0 Å². The van der Waals surface area contributed by atoms with E-state index in [2.05, 4.69) is 23.2 Å². The van der Waals surface area contributed by atoms with Gasteiger partial charge in [0.1, 0.15) is 11.9 Å². The second-order valence-electron chi connectivity index (χ2n) is 5.48. The molecule has 1 N–H and O–H groups in total. The van der Waals surface area contributed by atoms with Crippen molar-refractivity contribution in [1.82, 2.24) is 5.32 Å². The van der Waals surface area contributed by atoms with Crippen LogP contribution in [0.15, 0.2) is 18.2 Å². The Hall–Kier alpha value is -1.60. The molecule has 3 unspecified atom stereocenters. The van der Waals surface area contributed by atoms with E-state index in [1.165, 1.54) is 12.1 Å². The molecule has 3 atom stereocenters. The van der Waals surface area contributed by atoms with Gasteiger partial charge < -0.3 is 10.2 Å². The first-order chi connectivity index (χ1) is 9.24. The van der Waals surface area contributed by atoms with E-state index in [0.29, 0.717) is 23.4 Å². The lowest BCUT2D eigenvalue weighted by Crippen LogP contribution is -2.35. The molecule has 0 aliphatic carbocycles. The highest BCUT2D eigenvalue weighted by atomic mass is 19.1. The first-order valence-electron chi connectivity index (χ1n) is 6.91. The number of nitriles is 1. The molecule has 0 amide bonds. The third-order valence-corrected chi connectivity index (χ3v) is 4.52. The molecule has 19 heavy (non-hydrogen) atoms. The molecule has 4 heteroatoms. The van der Waals surface area contributed by atoms with Crippen LogP contribution in [-0.4, -0.2) is 25.7 Å².